The normalized spacial score (nSPS) is 13.5. The van der Waals surface area contributed by atoms with E-state index in [0.717, 1.165) is 27.0 Å². The van der Waals surface area contributed by atoms with Gasteiger partial charge in [0.25, 0.3) is 0 Å². The summed E-state index contributed by atoms with van der Waals surface area (Å²) in [6.07, 6.45) is 1.90. The van der Waals surface area contributed by atoms with Gasteiger partial charge in [-0.2, -0.15) is 0 Å². The van der Waals surface area contributed by atoms with Crippen LogP contribution in [0.15, 0.2) is 40.8 Å². The summed E-state index contributed by atoms with van der Waals surface area (Å²) >= 11 is 4.37. The summed E-state index contributed by atoms with van der Waals surface area (Å²) in [5.74, 6) is 0.698. The number of nitrogens with one attached hydrogen (secondary N) is 1. The van der Waals surface area contributed by atoms with E-state index in [1.807, 2.05) is 36.4 Å². The SMILES string of the molecule is CNC(=O)C1=Cc2c(ccc3ccc(S)cc23)OC1. The van der Waals surface area contributed by atoms with Crippen LogP contribution in [0.4, 0.5) is 0 Å². The second-order valence-electron chi connectivity index (χ2n) is 4.42. The molecule has 0 fully saturated rings. The van der Waals surface area contributed by atoms with E-state index >= 15 is 0 Å². The average Bonchev–Trinajstić information content (AvgIpc) is 2.45. The molecular weight excluding hydrogens is 258 g/mol. The lowest BCUT2D eigenvalue weighted by molar-refractivity contribution is -0.117. The molecule has 3 nitrogen and oxygen atoms in total. The molecule has 0 bridgehead atoms. The molecule has 2 aromatic rings. The van der Waals surface area contributed by atoms with Crippen LogP contribution in [0, 0.1) is 0 Å². The van der Waals surface area contributed by atoms with Crippen molar-refractivity contribution in [3.63, 3.8) is 0 Å². The van der Waals surface area contributed by atoms with Crippen molar-refractivity contribution in [1.29, 1.82) is 0 Å². The molecule has 1 N–H and O–H groups in total. The molecule has 2 aromatic carbocycles. The van der Waals surface area contributed by atoms with Crippen molar-refractivity contribution in [3.8, 4) is 5.75 Å². The van der Waals surface area contributed by atoms with Gasteiger partial charge in [-0.3, -0.25) is 4.79 Å². The van der Waals surface area contributed by atoms with Crippen LogP contribution in [0.3, 0.4) is 0 Å². The summed E-state index contributed by atoms with van der Waals surface area (Å²) in [6, 6.07) is 9.90. The van der Waals surface area contributed by atoms with Crippen LogP contribution < -0.4 is 10.1 Å². The number of benzene rings is 2. The quantitative estimate of drug-likeness (QED) is 0.783. The maximum absolute atomic E-state index is 11.7. The van der Waals surface area contributed by atoms with Gasteiger partial charge in [0.2, 0.25) is 5.91 Å². The maximum Gasteiger partial charge on any atom is 0.250 e. The number of thiol groups is 1. The van der Waals surface area contributed by atoms with Crippen molar-refractivity contribution in [2.45, 2.75) is 4.90 Å². The molecule has 0 spiro atoms. The van der Waals surface area contributed by atoms with Crippen LogP contribution in [-0.2, 0) is 4.79 Å². The lowest BCUT2D eigenvalue weighted by atomic mass is 9.99. The van der Waals surface area contributed by atoms with E-state index in [-0.39, 0.29) is 5.91 Å². The standard InChI is InChI=1S/C15H13NO2S/c1-16-15(17)10-6-13-12-7-11(19)4-2-9(12)3-5-14(13)18-8-10/h2-7,19H,8H2,1H3,(H,16,17). The lowest BCUT2D eigenvalue weighted by Gasteiger charge is -2.18. The Morgan fingerprint density at radius 3 is 2.89 bits per heavy atom. The Kier molecular flexibility index (Phi) is 2.95. The fraction of sp³-hybridized carbons (Fsp3) is 0.133. The van der Waals surface area contributed by atoms with E-state index in [9.17, 15) is 4.79 Å². The molecule has 1 amide bonds. The molecule has 4 heteroatoms. The average molecular weight is 271 g/mol. The summed E-state index contributed by atoms with van der Waals surface area (Å²) in [7, 11) is 1.62. The molecule has 19 heavy (non-hydrogen) atoms. The molecule has 0 radical (unpaired) electrons. The Bertz CT molecular complexity index is 707. The highest BCUT2D eigenvalue weighted by Gasteiger charge is 2.18. The van der Waals surface area contributed by atoms with Gasteiger partial charge in [0.1, 0.15) is 12.4 Å². The monoisotopic (exact) mass is 271 g/mol. The number of hydrogen-bond acceptors (Lipinski definition) is 3. The Morgan fingerprint density at radius 2 is 2.11 bits per heavy atom. The fourth-order valence-corrected chi connectivity index (χ4v) is 2.45. The van der Waals surface area contributed by atoms with Crippen molar-refractivity contribution in [2.75, 3.05) is 13.7 Å². The zero-order chi connectivity index (χ0) is 13.4. The smallest absolute Gasteiger partial charge is 0.250 e. The maximum atomic E-state index is 11.7. The van der Waals surface area contributed by atoms with Gasteiger partial charge in [-0.05, 0) is 35.0 Å². The molecule has 0 unspecified atom stereocenters. The zero-order valence-corrected chi connectivity index (χ0v) is 11.3. The Labute approximate surface area is 116 Å². The van der Waals surface area contributed by atoms with Gasteiger partial charge in [-0.1, -0.05) is 12.1 Å². The minimum atomic E-state index is -0.107. The topological polar surface area (TPSA) is 38.3 Å². The molecule has 0 aliphatic carbocycles. The number of likely N-dealkylation sites (N-methyl/N-ethyl adjacent to an activating group) is 1. The summed E-state index contributed by atoms with van der Waals surface area (Å²) < 4.78 is 5.65. The second-order valence-corrected chi connectivity index (χ2v) is 4.94. The van der Waals surface area contributed by atoms with E-state index in [2.05, 4.69) is 17.9 Å². The van der Waals surface area contributed by atoms with E-state index in [1.165, 1.54) is 0 Å². The van der Waals surface area contributed by atoms with Crippen molar-refractivity contribution >= 4 is 35.4 Å². The minimum absolute atomic E-state index is 0.107. The molecule has 1 aliphatic heterocycles. The van der Waals surface area contributed by atoms with Gasteiger partial charge in [0, 0.05) is 17.5 Å². The second kappa shape index (κ2) is 4.63. The van der Waals surface area contributed by atoms with E-state index in [4.69, 9.17) is 4.74 Å². The highest BCUT2D eigenvalue weighted by molar-refractivity contribution is 7.80. The van der Waals surface area contributed by atoms with E-state index in [0.29, 0.717) is 12.2 Å². The van der Waals surface area contributed by atoms with Gasteiger partial charge in [-0.15, -0.1) is 12.6 Å². The highest BCUT2D eigenvalue weighted by atomic mass is 32.1. The molecule has 1 heterocycles. The molecule has 0 atom stereocenters. The van der Waals surface area contributed by atoms with Crippen molar-refractivity contribution in [1.82, 2.24) is 5.32 Å². The van der Waals surface area contributed by atoms with Crippen molar-refractivity contribution in [2.24, 2.45) is 0 Å². The first-order chi connectivity index (χ1) is 9.19. The predicted octanol–water partition coefficient (Wildman–Crippen LogP) is 2.65. The molecule has 0 saturated heterocycles. The Morgan fingerprint density at radius 1 is 1.32 bits per heavy atom. The third-order valence-corrected chi connectivity index (χ3v) is 3.51. The Balaban J connectivity index is 2.24. The predicted molar refractivity (Wildman–Crippen MR) is 78.7 cm³/mol. The number of fused-ring (bicyclic) bond motifs is 3. The molecule has 1 aliphatic rings. The first-order valence-corrected chi connectivity index (χ1v) is 6.45. The third kappa shape index (κ3) is 2.08. The van der Waals surface area contributed by atoms with Crippen LogP contribution in [0.5, 0.6) is 5.75 Å². The minimum Gasteiger partial charge on any atom is -0.488 e. The first kappa shape index (κ1) is 12.1. The van der Waals surface area contributed by atoms with Gasteiger partial charge in [0.05, 0.1) is 5.57 Å². The van der Waals surface area contributed by atoms with Gasteiger partial charge in [-0.25, -0.2) is 0 Å². The van der Waals surface area contributed by atoms with E-state index < -0.39 is 0 Å². The fourth-order valence-electron chi connectivity index (χ4n) is 2.25. The van der Waals surface area contributed by atoms with Crippen molar-refractivity contribution in [3.05, 3.63) is 41.5 Å². The highest BCUT2D eigenvalue weighted by Crippen LogP contribution is 2.34. The number of rotatable bonds is 1. The summed E-state index contributed by atoms with van der Waals surface area (Å²) in [5, 5.41) is 4.78. The number of carbonyl (C=O) groups excluding carboxylic acids is 1. The molecule has 0 aromatic heterocycles. The molecular formula is C15H13NO2S. The summed E-state index contributed by atoms with van der Waals surface area (Å²) in [5.41, 5.74) is 1.57. The van der Waals surface area contributed by atoms with Crippen LogP contribution in [0.1, 0.15) is 5.56 Å². The number of amides is 1. The largest absolute Gasteiger partial charge is 0.488 e. The molecule has 3 rings (SSSR count). The first-order valence-electron chi connectivity index (χ1n) is 6.00. The molecule has 96 valence electrons. The van der Waals surface area contributed by atoms with Crippen LogP contribution >= 0.6 is 12.6 Å². The number of ether oxygens (including phenoxy) is 1. The summed E-state index contributed by atoms with van der Waals surface area (Å²) in [4.78, 5) is 12.6. The Hall–Kier alpha value is -1.94. The van der Waals surface area contributed by atoms with Gasteiger partial charge in [0.15, 0.2) is 0 Å². The number of hydrogen-bond donors (Lipinski definition) is 2. The van der Waals surface area contributed by atoms with Gasteiger partial charge >= 0.3 is 0 Å². The third-order valence-electron chi connectivity index (χ3n) is 3.23. The zero-order valence-electron chi connectivity index (χ0n) is 10.4. The summed E-state index contributed by atoms with van der Waals surface area (Å²) in [6.45, 7) is 0.304. The lowest BCUT2D eigenvalue weighted by Crippen LogP contribution is -2.25. The number of carbonyl (C=O) groups is 1. The van der Waals surface area contributed by atoms with Crippen LogP contribution in [0.25, 0.3) is 16.8 Å². The van der Waals surface area contributed by atoms with Crippen LogP contribution in [-0.4, -0.2) is 19.6 Å². The van der Waals surface area contributed by atoms with Crippen molar-refractivity contribution < 1.29 is 9.53 Å². The van der Waals surface area contributed by atoms with Gasteiger partial charge < -0.3 is 10.1 Å². The van der Waals surface area contributed by atoms with E-state index in [1.54, 1.807) is 7.05 Å². The van der Waals surface area contributed by atoms with Crippen LogP contribution in [0.2, 0.25) is 0 Å². The molecule has 0 saturated carbocycles.